The molecule has 0 radical (unpaired) electrons. The van der Waals surface area contributed by atoms with Crippen molar-refractivity contribution in [1.29, 1.82) is 0 Å². The van der Waals surface area contributed by atoms with E-state index in [0.29, 0.717) is 11.8 Å². The van der Waals surface area contributed by atoms with Crippen molar-refractivity contribution in [3.8, 4) is 0 Å². The zero-order valence-corrected chi connectivity index (χ0v) is 17.4. The van der Waals surface area contributed by atoms with Crippen LogP contribution in [0.1, 0.15) is 17.0 Å². The Balaban J connectivity index is 1.82. The number of fused-ring (bicyclic) bond motifs is 1. The summed E-state index contributed by atoms with van der Waals surface area (Å²) in [6.07, 6.45) is 1.91. The van der Waals surface area contributed by atoms with Gasteiger partial charge < -0.3 is 9.47 Å². The quantitative estimate of drug-likeness (QED) is 0.400. The summed E-state index contributed by atoms with van der Waals surface area (Å²) < 4.78 is 2.08. The minimum Gasteiger partial charge on any atom is -0.369 e. The third-order valence-electron chi connectivity index (χ3n) is 4.77. The Morgan fingerprint density at radius 3 is 2.48 bits per heavy atom. The van der Waals surface area contributed by atoms with Crippen LogP contribution in [0.2, 0.25) is 0 Å². The fourth-order valence-corrected chi connectivity index (χ4v) is 3.52. The van der Waals surface area contributed by atoms with Crippen molar-refractivity contribution in [1.82, 2.24) is 9.55 Å². The average molecular weight is 403 g/mol. The standard InChI is InChI=1S/C21H24Cl2N4/c1-15-12-19(27(10-8-22)11-9-23)6-4-17(15)14-24-18-5-7-21-20(13-18)25-16(2)26(21)3/h4-7,12-14H,8-11H2,1-3H3. The Morgan fingerprint density at radius 2 is 1.81 bits per heavy atom. The summed E-state index contributed by atoms with van der Waals surface area (Å²) in [6.45, 7) is 5.66. The lowest BCUT2D eigenvalue weighted by Gasteiger charge is -2.23. The van der Waals surface area contributed by atoms with Crippen LogP contribution in [0.5, 0.6) is 0 Å². The monoisotopic (exact) mass is 402 g/mol. The smallest absolute Gasteiger partial charge is 0.106 e. The molecule has 0 saturated heterocycles. The van der Waals surface area contributed by atoms with Gasteiger partial charge in [0.05, 0.1) is 16.7 Å². The van der Waals surface area contributed by atoms with Crippen LogP contribution < -0.4 is 4.90 Å². The largest absolute Gasteiger partial charge is 0.369 e. The van der Waals surface area contributed by atoms with E-state index in [4.69, 9.17) is 23.2 Å². The SMILES string of the molecule is Cc1cc(N(CCCl)CCCl)ccc1C=Nc1ccc2c(c1)nc(C)n2C. The number of hydrogen-bond acceptors (Lipinski definition) is 3. The summed E-state index contributed by atoms with van der Waals surface area (Å²) in [7, 11) is 2.02. The summed E-state index contributed by atoms with van der Waals surface area (Å²) in [5.41, 5.74) is 6.37. The first-order valence-corrected chi connectivity index (χ1v) is 10.0. The van der Waals surface area contributed by atoms with Crippen molar-refractivity contribution >= 4 is 51.8 Å². The Bertz CT molecular complexity index is 956. The highest BCUT2D eigenvalue weighted by Crippen LogP contribution is 2.23. The van der Waals surface area contributed by atoms with Gasteiger partial charge in [-0.15, -0.1) is 23.2 Å². The van der Waals surface area contributed by atoms with E-state index in [2.05, 4.69) is 50.6 Å². The number of nitrogens with zero attached hydrogens (tertiary/aromatic N) is 4. The minimum atomic E-state index is 0.578. The first-order valence-electron chi connectivity index (χ1n) is 8.98. The molecule has 4 nitrogen and oxygen atoms in total. The first-order chi connectivity index (χ1) is 13.0. The molecule has 0 N–H and O–H groups in total. The number of benzene rings is 2. The molecule has 0 spiro atoms. The van der Waals surface area contributed by atoms with Gasteiger partial charge in [-0.3, -0.25) is 4.99 Å². The van der Waals surface area contributed by atoms with Gasteiger partial charge in [0.15, 0.2) is 0 Å². The summed E-state index contributed by atoms with van der Waals surface area (Å²) >= 11 is 11.8. The molecule has 0 fully saturated rings. The topological polar surface area (TPSA) is 33.4 Å². The van der Waals surface area contributed by atoms with E-state index < -0.39 is 0 Å². The van der Waals surface area contributed by atoms with Crippen LogP contribution in [0.4, 0.5) is 11.4 Å². The van der Waals surface area contributed by atoms with E-state index in [1.807, 2.05) is 32.3 Å². The van der Waals surface area contributed by atoms with Crippen LogP contribution in [0.3, 0.4) is 0 Å². The highest BCUT2D eigenvalue weighted by atomic mass is 35.5. The molecule has 0 atom stereocenters. The maximum atomic E-state index is 5.91. The van der Waals surface area contributed by atoms with E-state index in [1.54, 1.807) is 0 Å². The van der Waals surface area contributed by atoms with Crippen LogP contribution in [0.15, 0.2) is 41.4 Å². The fourth-order valence-electron chi connectivity index (χ4n) is 3.11. The van der Waals surface area contributed by atoms with Gasteiger partial charge in [-0.25, -0.2) is 4.98 Å². The first kappa shape index (κ1) is 19.7. The molecular formula is C21H24Cl2N4. The molecule has 3 aromatic rings. The lowest BCUT2D eigenvalue weighted by atomic mass is 10.1. The zero-order valence-electron chi connectivity index (χ0n) is 15.9. The Morgan fingerprint density at radius 1 is 1.07 bits per heavy atom. The molecule has 142 valence electrons. The summed E-state index contributed by atoms with van der Waals surface area (Å²) in [5, 5.41) is 0. The minimum absolute atomic E-state index is 0.578. The fraction of sp³-hybridized carbons (Fsp3) is 0.333. The molecule has 0 aliphatic carbocycles. The zero-order chi connectivity index (χ0) is 19.4. The summed E-state index contributed by atoms with van der Waals surface area (Å²) in [5.74, 6) is 2.15. The number of aromatic nitrogens is 2. The lowest BCUT2D eigenvalue weighted by Crippen LogP contribution is -2.27. The lowest BCUT2D eigenvalue weighted by molar-refractivity contribution is 0.873. The molecule has 1 aromatic heterocycles. The Labute approximate surface area is 170 Å². The third-order valence-corrected chi connectivity index (χ3v) is 5.11. The molecule has 0 aliphatic heterocycles. The highest BCUT2D eigenvalue weighted by molar-refractivity contribution is 6.18. The summed E-state index contributed by atoms with van der Waals surface area (Å²) in [6, 6.07) is 12.4. The van der Waals surface area contributed by atoms with Gasteiger partial charge >= 0.3 is 0 Å². The number of hydrogen-bond donors (Lipinski definition) is 0. The molecule has 0 saturated carbocycles. The molecule has 1 heterocycles. The van der Waals surface area contributed by atoms with Crippen LogP contribution in [0.25, 0.3) is 11.0 Å². The van der Waals surface area contributed by atoms with E-state index in [0.717, 1.165) is 46.9 Å². The number of imidazole rings is 1. The summed E-state index contributed by atoms with van der Waals surface area (Å²) in [4.78, 5) is 11.4. The number of anilines is 1. The van der Waals surface area contributed by atoms with Gasteiger partial charge in [-0.05, 0) is 55.3 Å². The number of aryl methyl sites for hydroxylation is 3. The molecule has 0 amide bonds. The number of rotatable bonds is 7. The maximum Gasteiger partial charge on any atom is 0.106 e. The van der Waals surface area contributed by atoms with Gasteiger partial charge in [0.1, 0.15) is 5.82 Å². The van der Waals surface area contributed by atoms with E-state index in [-0.39, 0.29) is 0 Å². The van der Waals surface area contributed by atoms with Crippen molar-refractivity contribution in [2.45, 2.75) is 13.8 Å². The van der Waals surface area contributed by atoms with Crippen molar-refractivity contribution < 1.29 is 0 Å². The molecular weight excluding hydrogens is 379 g/mol. The van der Waals surface area contributed by atoms with Crippen molar-refractivity contribution in [2.75, 3.05) is 29.7 Å². The normalized spacial score (nSPS) is 11.6. The molecule has 0 aliphatic rings. The molecule has 6 heteroatoms. The van der Waals surface area contributed by atoms with Gasteiger partial charge in [0, 0.05) is 43.8 Å². The van der Waals surface area contributed by atoms with Gasteiger partial charge in [-0.2, -0.15) is 0 Å². The second-order valence-electron chi connectivity index (χ2n) is 6.56. The van der Waals surface area contributed by atoms with Gasteiger partial charge in [-0.1, -0.05) is 6.07 Å². The number of halogens is 2. The molecule has 0 bridgehead atoms. The molecule has 3 rings (SSSR count). The predicted octanol–water partition coefficient (Wildman–Crippen LogP) is 5.22. The van der Waals surface area contributed by atoms with E-state index in [9.17, 15) is 0 Å². The molecule has 0 unspecified atom stereocenters. The van der Waals surface area contributed by atoms with Crippen molar-refractivity contribution in [3.05, 3.63) is 53.3 Å². The maximum absolute atomic E-state index is 5.91. The molecule has 27 heavy (non-hydrogen) atoms. The second-order valence-corrected chi connectivity index (χ2v) is 7.31. The number of aliphatic imine (C=N–C) groups is 1. The van der Waals surface area contributed by atoms with Crippen LogP contribution in [0, 0.1) is 13.8 Å². The van der Waals surface area contributed by atoms with Crippen molar-refractivity contribution in [3.63, 3.8) is 0 Å². The Kier molecular flexibility index (Phi) is 6.40. The van der Waals surface area contributed by atoms with Crippen LogP contribution >= 0.6 is 23.2 Å². The molecule has 2 aromatic carbocycles. The van der Waals surface area contributed by atoms with E-state index >= 15 is 0 Å². The van der Waals surface area contributed by atoms with Crippen LogP contribution in [-0.2, 0) is 7.05 Å². The third kappa shape index (κ3) is 4.45. The van der Waals surface area contributed by atoms with Gasteiger partial charge in [0.2, 0.25) is 0 Å². The average Bonchev–Trinajstić information content (AvgIpc) is 2.94. The van der Waals surface area contributed by atoms with E-state index in [1.165, 1.54) is 5.56 Å². The highest BCUT2D eigenvalue weighted by Gasteiger charge is 2.07. The Hall–Kier alpha value is -2.04. The second kappa shape index (κ2) is 8.77. The predicted molar refractivity (Wildman–Crippen MR) is 118 cm³/mol. The number of alkyl halides is 2. The van der Waals surface area contributed by atoms with Gasteiger partial charge in [0.25, 0.3) is 0 Å². The van der Waals surface area contributed by atoms with Crippen molar-refractivity contribution in [2.24, 2.45) is 12.0 Å². The van der Waals surface area contributed by atoms with Crippen LogP contribution in [-0.4, -0.2) is 40.6 Å².